The van der Waals surface area contributed by atoms with Crippen LogP contribution in [0.3, 0.4) is 0 Å². The second-order valence-electron chi connectivity index (χ2n) is 7.18. The molecule has 2 aromatic carbocycles. The average molecular weight is 417 g/mol. The van der Waals surface area contributed by atoms with Crippen LogP contribution in [0.25, 0.3) is 0 Å². The molecule has 0 unspecified atom stereocenters. The number of ether oxygens (including phenoxy) is 1. The van der Waals surface area contributed by atoms with E-state index >= 15 is 0 Å². The minimum absolute atomic E-state index is 0.0573. The van der Waals surface area contributed by atoms with Crippen LogP contribution in [-0.4, -0.2) is 31.1 Å². The molecule has 8 heteroatoms. The molecule has 0 saturated heterocycles. The van der Waals surface area contributed by atoms with Gasteiger partial charge in [-0.2, -0.15) is 8.78 Å². The average Bonchev–Trinajstić information content (AvgIpc) is 3.22. The summed E-state index contributed by atoms with van der Waals surface area (Å²) < 4.78 is 29.1. The lowest BCUT2D eigenvalue weighted by molar-refractivity contribution is -0.119. The predicted molar refractivity (Wildman–Crippen MR) is 108 cm³/mol. The van der Waals surface area contributed by atoms with Crippen molar-refractivity contribution in [1.29, 1.82) is 0 Å². The van der Waals surface area contributed by atoms with E-state index in [1.165, 1.54) is 12.1 Å². The highest BCUT2D eigenvalue weighted by Gasteiger charge is 2.19. The van der Waals surface area contributed by atoms with Gasteiger partial charge < -0.3 is 10.1 Å². The van der Waals surface area contributed by atoms with Gasteiger partial charge in [0.25, 0.3) is 0 Å². The summed E-state index contributed by atoms with van der Waals surface area (Å²) in [6.07, 6.45) is 4.03. The Hall–Kier alpha value is -3.00. The lowest BCUT2D eigenvalue weighted by atomic mass is 9.98. The van der Waals surface area contributed by atoms with E-state index in [0.29, 0.717) is 0 Å². The highest BCUT2D eigenvalue weighted by Crippen LogP contribution is 2.24. The summed E-state index contributed by atoms with van der Waals surface area (Å²) in [5, 5.41) is 8.28. The van der Waals surface area contributed by atoms with Crippen LogP contribution in [0.4, 0.5) is 13.6 Å². The summed E-state index contributed by atoms with van der Waals surface area (Å²) in [5.74, 6) is -0.397. The number of rotatable bonds is 8. The number of imide groups is 1. The number of urea groups is 1. The smallest absolute Gasteiger partial charge is 0.387 e. The Labute approximate surface area is 174 Å². The molecule has 1 aliphatic rings. The first-order chi connectivity index (χ1) is 14.5. The van der Waals surface area contributed by atoms with Gasteiger partial charge in [0.05, 0.1) is 12.6 Å². The molecule has 3 N–H and O–H groups in total. The molecule has 0 aliphatic heterocycles. The fourth-order valence-electron chi connectivity index (χ4n) is 3.57. The third kappa shape index (κ3) is 6.52. The van der Waals surface area contributed by atoms with Crippen molar-refractivity contribution in [3.05, 3.63) is 65.7 Å². The molecule has 0 spiro atoms. The van der Waals surface area contributed by atoms with E-state index in [1.54, 1.807) is 12.1 Å². The topological polar surface area (TPSA) is 79.5 Å². The van der Waals surface area contributed by atoms with Gasteiger partial charge in [-0.05, 0) is 36.1 Å². The van der Waals surface area contributed by atoms with Crippen molar-refractivity contribution in [3.63, 3.8) is 0 Å². The number of hydrogen-bond donors (Lipinski definition) is 3. The number of amides is 3. The van der Waals surface area contributed by atoms with Crippen molar-refractivity contribution in [3.8, 4) is 5.75 Å². The van der Waals surface area contributed by atoms with Gasteiger partial charge in [0.2, 0.25) is 5.91 Å². The Morgan fingerprint density at radius 1 is 0.967 bits per heavy atom. The maximum absolute atomic E-state index is 12.4. The number of nitrogens with one attached hydrogen (secondary N) is 3. The van der Waals surface area contributed by atoms with Gasteiger partial charge in [-0.25, -0.2) is 4.79 Å². The largest absolute Gasteiger partial charge is 0.435 e. The summed E-state index contributed by atoms with van der Waals surface area (Å²) in [6, 6.07) is 14.9. The maximum Gasteiger partial charge on any atom is 0.387 e. The SMILES string of the molecule is O=C(CN[C@@H](c1ccccc1)c1ccc(OC(F)F)cc1)NC(=O)NC1CCCC1. The number of benzene rings is 2. The van der Waals surface area contributed by atoms with Crippen molar-refractivity contribution in [2.45, 2.75) is 44.4 Å². The van der Waals surface area contributed by atoms with Crippen molar-refractivity contribution in [2.24, 2.45) is 0 Å². The second-order valence-corrected chi connectivity index (χ2v) is 7.18. The van der Waals surface area contributed by atoms with E-state index in [-0.39, 0.29) is 24.4 Å². The molecule has 0 aromatic heterocycles. The zero-order valence-corrected chi connectivity index (χ0v) is 16.4. The number of halogens is 2. The molecule has 6 nitrogen and oxygen atoms in total. The zero-order chi connectivity index (χ0) is 21.3. The van der Waals surface area contributed by atoms with Crippen molar-refractivity contribution >= 4 is 11.9 Å². The first-order valence-corrected chi connectivity index (χ1v) is 9.94. The summed E-state index contributed by atoms with van der Waals surface area (Å²) >= 11 is 0. The molecule has 3 rings (SSSR count). The molecule has 1 atom stereocenters. The Balaban J connectivity index is 1.61. The van der Waals surface area contributed by atoms with E-state index in [0.717, 1.165) is 36.8 Å². The highest BCUT2D eigenvalue weighted by molar-refractivity contribution is 5.95. The van der Waals surface area contributed by atoms with Crippen LogP contribution < -0.4 is 20.7 Å². The van der Waals surface area contributed by atoms with Gasteiger partial charge in [0, 0.05) is 6.04 Å². The van der Waals surface area contributed by atoms with Crippen LogP contribution in [0.15, 0.2) is 54.6 Å². The Bertz CT molecular complexity index is 825. The van der Waals surface area contributed by atoms with E-state index < -0.39 is 18.5 Å². The van der Waals surface area contributed by atoms with Crippen LogP contribution in [-0.2, 0) is 4.79 Å². The van der Waals surface area contributed by atoms with E-state index in [1.807, 2.05) is 30.3 Å². The first kappa shape index (κ1) is 21.7. The standard InChI is InChI=1S/C22H25F2N3O3/c23-21(24)30-18-12-10-16(11-13-18)20(15-6-2-1-3-7-15)25-14-19(28)27-22(29)26-17-8-4-5-9-17/h1-3,6-7,10-13,17,20-21,25H,4-5,8-9,14H2,(H2,26,27,28,29)/t20-/m0/s1. The van der Waals surface area contributed by atoms with Gasteiger partial charge in [-0.15, -0.1) is 0 Å². The van der Waals surface area contributed by atoms with Gasteiger partial charge in [-0.1, -0.05) is 55.3 Å². The predicted octanol–water partition coefficient (Wildman–Crippen LogP) is 3.74. The van der Waals surface area contributed by atoms with Gasteiger partial charge in [-0.3, -0.25) is 15.4 Å². The van der Waals surface area contributed by atoms with Crippen LogP contribution >= 0.6 is 0 Å². The summed E-state index contributed by atoms with van der Waals surface area (Å²) in [7, 11) is 0. The van der Waals surface area contributed by atoms with Gasteiger partial charge in [0.15, 0.2) is 0 Å². The second kappa shape index (κ2) is 10.7. The van der Waals surface area contributed by atoms with Gasteiger partial charge in [0.1, 0.15) is 5.75 Å². The molecule has 0 radical (unpaired) electrons. The molecule has 160 valence electrons. The van der Waals surface area contributed by atoms with Crippen LogP contribution in [0, 0.1) is 0 Å². The fourth-order valence-corrected chi connectivity index (χ4v) is 3.57. The molecule has 0 bridgehead atoms. The highest BCUT2D eigenvalue weighted by atomic mass is 19.3. The minimum atomic E-state index is -2.89. The zero-order valence-electron chi connectivity index (χ0n) is 16.4. The Morgan fingerprint density at radius 3 is 2.23 bits per heavy atom. The lowest BCUT2D eigenvalue weighted by Gasteiger charge is -2.20. The number of carbonyl (C=O) groups excluding carboxylic acids is 2. The van der Waals surface area contributed by atoms with Crippen LogP contribution in [0.2, 0.25) is 0 Å². The Kier molecular flexibility index (Phi) is 7.73. The van der Waals surface area contributed by atoms with Crippen molar-refractivity contribution in [1.82, 2.24) is 16.0 Å². The molecular formula is C22H25F2N3O3. The summed E-state index contributed by atoms with van der Waals surface area (Å²) in [4.78, 5) is 24.2. The molecule has 1 saturated carbocycles. The van der Waals surface area contributed by atoms with Crippen LogP contribution in [0.1, 0.15) is 42.9 Å². The number of hydrogen-bond acceptors (Lipinski definition) is 4. The third-order valence-electron chi connectivity index (χ3n) is 4.98. The quantitative estimate of drug-likeness (QED) is 0.612. The number of alkyl halides is 2. The fraction of sp³-hybridized carbons (Fsp3) is 0.364. The van der Waals surface area contributed by atoms with Crippen molar-refractivity contribution < 1.29 is 23.1 Å². The maximum atomic E-state index is 12.4. The van der Waals surface area contributed by atoms with E-state index in [4.69, 9.17) is 0 Å². The summed E-state index contributed by atoms with van der Waals surface area (Å²) in [5.41, 5.74) is 1.66. The molecule has 3 amide bonds. The van der Waals surface area contributed by atoms with E-state index in [2.05, 4.69) is 20.7 Å². The molecule has 0 heterocycles. The molecular weight excluding hydrogens is 392 g/mol. The van der Waals surface area contributed by atoms with Gasteiger partial charge >= 0.3 is 12.6 Å². The summed E-state index contributed by atoms with van der Waals surface area (Å²) in [6.45, 7) is -2.98. The number of carbonyl (C=O) groups is 2. The monoisotopic (exact) mass is 417 g/mol. The van der Waals surface area contributed by atoms with E-state index in [9.17, 15) is 18.4 Å². The van der Waals surface area contributed by atoms with Crippen LogP contribution in [0.5, 0.6) is 5.75 Å². The lowest BCUT2D eigenvalue weighted by Crippen LogP contribution is -2.46. The molecule has 30 heavy (non-hydrogen) atoms. The first-order valence-electron chi connectivity index (χ1n) is 9.94. The van der Waals surface area contributed by atoms with Crippen molar-refractivity contribution in [2.75, 3.05) is 6.54 Å². The Morgan fingerprint density at radius 2 is 1.60 bits per heavy atom. The molecule has 2 aromatic rings. The molecule has 1 fully saturated rings. The normalized spacial score (nSPS) is 15.0. The molecule has 1 aliphatic carbocycles. The minimum Gasteiger partial charge on any atom is -0.435 e. The third-order valence-corrected chi connectivity index (χ3v) is 4.98.